The molecule has 0 aliphatic heterocycles. The van der Waals surface area contributed by atoms with Crippen molar-refractivity contribution < 1.29 is 4.79 Å². The van der Waals surface area contributed by atoms with Gasteiger partial charge >= 0.3 is 0 Å². The fourth-order valence-corrected chi connectivity index (χ4v) is 1.09. The summed E-state index contributed by atoms with van der Waals surface area (Å²) in [6, 6.07) is 7.11. The Labute approximate surface area is 69.4 Å². The first kappa shape index (κ1) is 6.91. The summed E-state index contributed by atoms with van der Waals surface area (Å²) in [5, 5.41) is 0. The average Bonchev–Trinajstić information content (AvgIpc) is 2.77. The molecule has 60 valence electrons. The number of ketones is 1. The maximum Gasteiger partial charge on any atom is 0.225 e. The van der Waals surface area contributed by atoms with Gasteiger partial charge in [-0.25, -0.2) is 0 Å². The van der Waals surface area contributed by atoms with Crippen LogP contribution < -0.4 is 0 Å². The molecule has 0 radical (unpaired) electrons. The molecule has 2 N–H and O–H groups in total. The quantitative estimate of drug-likeness (QED) is 0.644. The first-order valence-electron chi connectivity index (χ1n) is 3.69. The Kier molecular flexibility index (Phi) is 1.55. The molecule has 2 aromatic rings. The number of hydrogen-bond donors (Lipinski definition) is 2. The monoisotopic (exact) mass is 160 g/mol. The maximum absolute atomic E-state index is 11.5. The van der Waals surface area contributed by atoms with Crippen LogP contribution in [-0.2, 0) is 0 Å². The number of carbonyl (C=O) groups is 1. The van der Waals surface area contributed by atoms with Gasteiger partial charge in [0.2, 0.25) is 5.78 Å². The minimum absolute atomic E-state index is 0.00926. The topological polar surface area (TPSA) is 48.6 Å². The molecule has 3 nitrogen and oxygen atoms in total. The van der Waals surface area contributed by atoms with Crippen LogP contribution in [0.4, 0.5) is 0 Å². The van der Waals surface area contributed by atoms with Crippen molar-refractivity contribution in [1.82, 2.24) is 9.97 Å². The lowest BCUT2D eigenvalue weighted by atomic mass is 10.2. The zero-order valence-corrected chi connectivity index (χ0v) is 6.37. The van der Waals surface area contributed by atoms with E-state index in [0.29, 0.717) is 11.4 Å². The largest absolute Gasteiger partial charge is 0.358 e. The van der Waals surface area contributed by atoms with E-state index in [0.717, 1.165) is 0 Å². The summed E-state index contributed by atoms with van der Waals surface area (Å²) in [6.07, 6.45) is 3.46. The summed E-state index contributed by atoms with van der Waals surface area (Å²) in [5.74, 6) is -0.00926. The Morgan fingerprint density at radius 1 is 1.00 bits per heavy atom. The molecule has 0 aromatic carbocycles. The molecule has 0 saturated heterocycles. The third kappa shape index (κ3) is 1.05. The molecule has 3 heteroatoms. The number of aromatic amines is 2. The van der Waals surface area contributed by atoms with Crippen LogP contribution in [0.5, 0.6) is 0 Å². The summed E-state index contributed by atoms with van der Waals surface area (Å²) in [5.41, 5.74) is 1.22. The molecule has 0 amide bonds. The Bertz CT molecular complexity index is 323. The van der Waals surface area contributed by atoms with Crippen molar-refractivity contribution in [1.29, 1.82) is 0 Å². The fourth-order valence-electron chi connectivity index (χ4n) is 1.09. The molecule has 0 atom stereocenters. The van der Waals surface area contributed by atoms with Crippen molar-refractivity contribution in [2.24, 2.45) is 0 Å². The molecule has 0 spiro atoms. The number of hydrogen-bond acceptors (Lipinski definition) is 1. The number of rotatable bonds is 2. The van der Waals surface area contributed by atoms with E-state index in [-0.39, 0.29) is 5.78 Å². The molecule has 0 aliphatic carbocycles. The highest BCUT2D eigenvalue weighted by molar-refractivity contribution is 6.06. The van der Waals surface area contributed by atoms with Gasteiger partial charge in [-0.1, -0.05) is 0 Å². The predicted molar refractivity (Wildman–Crippen MR) is 45.0 cm³/mol. The highest BCUT2D eigenvalue weighted by atomic mass is 16.1. The number of H-pyrrole nitrogens is 2. The Morgan fingerprint density at radius 2 is 1.50 bits per heavy atom. The zero-order chi connectivity index (χ0) is 8.39. The molecule has 12 heavy (non-hydrogen) atoms. The van der Waals surface area contributed by atoms with Crippen molar-refractivity contribution in [3.8, 4) is 0 Å². The molecule has 0 bridgehead atoms. The van der Waals surface area contributed by atoms with Crippen LogP contribution in [0.1, 0.15) is 16.2 Å². The van der Waals surface area contributed by atoms with Crippen molar-refractivity contribution in [2.75, 3.05) is 0 Å². The average molecular weight is 160 g/mol. The lowest BCUT2D eigenvalue weighted by Crippen LogP contribution is -2.01. The summed E-state index contributed by atoms with van der Waals surface area (Å²) in [7, 11) is 0. The van der Waals surface area contributed by atoms with E-state index in [1.54, 1.807) is 36.7 Å². The second-order valence-electron chi connectivity index (χ2n) is 2.50. The lowest BCUT2D eigenvalue weighted by molar-refractivity contribution is 0.103. The summed E-state index contributed by atoms with van der Waals surface area (Å²) in [4.78, 5) is 17.2. The first-order chi connectivity index (χ1) is 5.88. The van der Waals surface area contributed by atoms with Gasteiger partial charge in [0.1, 0.15) is 0 Å². The Morgan fingerprint density at radius 3 is 1.83 bits per heavy atom. The van der Waals surface area contributed by atoms with E-state index in [4.69, 9.17) is 0 Å². The van der Waals surface area contributed by atoms with Crippen LogP contribution in [-0.4, -0.2) is 15.8 Å². The summed E-state index contributed by atoms with van der Waals surface area (Å²) in [6.45, 7) is 0. The maximum atomic E-state index is 11.5. The van der Waals surface area contributed by atoms with Gasteiger partial charge in [0.15, 0.2) is 0 Å². The fraction of sp³-hybridized carbons (Fsp3) is 0. The highest BCUT2D eigenvalue weighted by Crippen LogP contribution is 2.04. The van der Waals surface area contributed by atoms with Crippen LogP contribution >= 0.6 is 0 Å². The Balaban J connectivity index is 2.34. The molecular formula is C9H8N2O. The van der Waals surface area contributed by atoms with Crippen LogP contribution in [0.2, 0.25) is 0 Å². The van der Waals surface area contributed by atoms with Gasteiger partial charge in [-0.2, -0.15) is 0 Å². The molecule has 0 aliphatic rings. The minimum Gasteiger partial charge on any atom is -0.358 e. The van der Waals surface area contributed by atoms with E-state index in [9.17, 15) is 4.79 Å². The van der Waals surface area contributed by atoms with Gasteiger partial charge in [-0.05, 0) is 24.3 Å². The summed E-state index contributed by atoms with van der Waals surface area (Å²) >= 11 is 0. The summed E-state index contributed by atoms with van der Waals surface area (Å²) < 4.78 is 0. The minimum atomic E-state index is -0.00926. The molecule has 0 unspecified atom stereocenters. The van der Waals surface area contributed by atoms with Gasteiger partial charge < -0.3 is 9.97 Å². The van der Waals surface area contributed by atoms with Crippen molar-refractivity contribution >= 4 is 5.78 Å². The number of carbonyl (C=O) groups excluding carboxylic acids is 1. The van der Waals surface area contributed by atoms with Gasteiger partial charge in [-0.15, -0.1) is 0 Å². The van der Waals surface area contributed by atoms with Crippen LogP contribution in [0.25, 0.3) is 0 Å². The van der Waals surface area contributed by atoms with Crippen LogP contribution in [0.3, 0.4) is 0 Å². The Hall–Kier alpha value is -1.77. The van der Waals surface area contributed by atoms with E-state index < -0.39 is 0 Å². The zero-order valence-electron chi connectivity index (χ0n) is 6.37. The number of aromatic nitrogens is 2. The van der Waals surface area contributed by atoms with Gasteiger partial charge in [-0.3, -0.25) is 4.79 Å². The van der Waals surface area contributed by atoms with E-state index in [2.05, 4.69) is 9.97 Å². The second-order valence-corrected chi connectivity index (χ2v) is 2.50. The molecule has 0 fully saturated rings. The molecule has 2 heterocycles. The van der Waals surface area contributed by atoms with Gasteiger partial charge in [0.05, 0.1) is 11.4 Å². The third-order valence-corrected chi connectivity index (χ3v) is 1.69. The van der Waals surface area contributed by atoms with E-state index in [1.165, 1.54) is 0 Å². The van der Waals surface area contributed by atoms with Gasteiger partial charge in [0, 0.05) is 12.4 Å². The van der Waals surface area contributed by atoms with Crippen molar-refractivity contribution in [3.63, 3.8) is 0 Å². The van der Waals surface area contributed by atoms with Crippen LogP contribution in [0.15, 0.2) is 36.7 Å². The second kappa shape index (κ2) is 2.70. The molecule has 0 saturated carbocycles. The predicted octanol–water partition coefficient (Wildman–Crippen LogP) is 1.57. The lowest BCUT2D eigenvalue weighted by Gasteiger charge is -1.92. The number of nitrogens with one attached hydrogen (secondary N) is 2. The van der Waals surface area contributed by atoms with E-state index >= 15 is 0 Å². The van der Waals surface area contributed by atoms with Crippen molar-refractivity contribution in [3.05, 3.63) is 48.0 Å². The molecule has 2 rings (SSSR count). The first-order valence-corrected chi connectivity index (χ1v) is 3.69. The molecular weight excluding hydrogens is 152 g/mol. The third-order valence-electron chi connectivity index (χ3n) is 1.69. The van der Waals surface area contributed by atoms with Crippen molar-refractivity contribution in [2.45, 2.75) is 0 Å². The molecule has 2 aromatic heterocycles. The van der Waals surface area contributed by atoms with E-state index in [1.807, 2.05) is 0 Å². The SMILES string of the molecule is O=C(c1ccc[nH]1)c1ccc[nH]1. The van der Waals surface area contributed by atoms with Gasteiger partial charge in [0.25, 0.3) is 0 Å². The standard InChI is InChI=1S/C9H8N2O/c12-9(7-3-1-5-10-7)8-4-2-6-11-8/h1-6,10-11H. The normalized spacial score (nSPS) is 10.0. The smallest absolute Gasteiger partial charge is 0.225 e. The highest BCUT2D eigenvalue weighted by Gasteiger charge is 2.08. The van der Waals surface area contributed by atoms with Crippen LogP contribution in [0, 0.1) is 0 Å².